The first kappa shape index (κ1) is 24.0. The Hall–Kier alpha value is -3.11. The summed E-state index contributed by atoms with van der Waals surface area (Å²) in [5, 5.41) is 2.86. The first-order valence-corrected chi connectivity index (χ1v) is 12.7. The van der Waals surface area contributed by atoms with Gasteiger partial charge in [0, 0.05) is 27.2 Å². The van der Waals surface area contributed by atoms with Gasteiger partial charge >= 0.3 is 0 Å². The molecule has 0 aliphatic carbocycles. The number of benzene rings is 2. The van der Waals surface area contributed by atoms with Gasteiger partial charge in [0.1, 0.15) is 18.3 Å². The molecule has 4 rings (SSSR count). The van der Waals surface area contributed by atoms with Gasteiger partial charge in [-0.05, 0) is 55.2 Å². The summed E-state index contributed by atoms with van der Waals surface area (Å²) in [5.74, 6) is 0.189. The summed E-state index contributed by atoms with van der Waals surface area (Å²) in [7, 11) is 0.808. The average molecular weight is 487 g/mol. The van der Waals surface area contributed by atoms with E-state index in [1.165, 1.54) is 25.1 Å². The number of carbonyl (C=O) groups excluding carboxylic acids is 2. The Morgan fingerprint density at radius 1 is 1.15 bits per heavy atom. The summed E-state index contributed by atoms with van der Waals surface area (Å²) >= 11 is 0. The van der Waals surface area contributed by atoms with Gasteiger partial charge in [-0.15, -0.1) is 0 Å². The van der Waals surface area contributed by atoms with Gasteiger partial charge in [-0.25, -0.2) is 12.7 Å². The van der Waals surface area contributed by atoms with E-state index in [9.17, 15) is 18.0 Å². The zero-order valence-corrected chi connectivity index (χ0v) is 20.5. The summed E-state index contributed by atoms with van der Waals surface area (Å²) in [4.78, 5) is 29.9. The molecular weight excluding hydrogens is 456 g/mol. The molecule has 0 unspecified atom stereocenters. The number of hydrogen-bond donors (Lipinski definition) is 1. The molecule has 1 N–H and O–H groups in total. The topological polar surface area (TPSA) is 99.3 Å². The van der Waals surface area contributed by atoms with E-state index in [0.717, 1.165) is 34.9 Å². The minimum Gasteiger partial charge on any atom is -0.497 e. The number of sulfonamides is 1. The van der Waals surface area contributed by atoms with Crippen molar-refractivity contribution in [1.29, 1.82) is 0 Å². The number of nitrogens with one attached hydrogen (secondary N) is 1. The summed E-state index contributed by atoms with van der Waals surface area (Å²) in [5.41, 5.74) is 2.10. The van der Waals surface area contributed by atoms with Crippen molar-refractivity contribution >= 4 is 33.2 Å². The Morgan fingerprint density at radius 2 is 1.94 bits per heavy atom. The van der Waals surface area contributed by atoms with E-state index < -0.39 is 10.0 Å². The molecule has 1 saturated heterocycles. The first-order valence-electron chi connectivity index (χ1n) is 11.3. The van der Waals surface area contributed by atoms with Crippen molar-refractivity contribution in [2.75, 3.05) is 44.1 Å². The van der Waals surface area contributed by atoms with Crippen LogP contribution in [0.2, 0.25) is 0 Å². The van der Waals surface area contributed by atoms with Crippen molar-refractivity contribution in [3.8, 4) is 5.75 Å². The van der Waals surface area contributed by atoms with Crippen molar-refractivity contribution in [2.24, 2.45) is 0 Å². The quantitative estimate of drug-likeness (QED) is 0.643. The van der Waals surface area contributed by atoms with E-state index in [0.29, 0.717) is 17.9 Å². The lowest BCUT2D eigenvalue weighted by molar-refractivity contribution is -0.125. The third-order valence-electron chi connectivity index (χ3n) is 6.31. The smallest absolute Gasteiger partial charge is 0.250 e. The zero-order valence-electron chi connectivity index (χ0n) is 19.7. The predicted molar refractivity (Wildman–Crippen MR) is 129 cm³/mol. The molecule has 2 aliphatic heterocycles. The minimum absolute atomic E-state index is 0.0845. The molecule has 2 aliphatic rings. The van der Waals surface area contributed by atoms with Gasteiger partial charge in [0.05, 0.1) is 23.4 Å². The number of nitrogens with zero attached hydrogens (tertiary/aromatic N) is 3. The monoisotopic (exact) mass is 486 g/mol. The third-order valence-corrected chi connectivity index (χ3v) is 8.12. The second kappa shape index (κ2) is 9.63. The van der Waals surface area contributed by atoms with E-state index in [1.807, 2.05) is 29.2 Å². The predicted octanol–water partition coefficient (Wildman–Crippen LogP) is 1.97. The van der Waals surface area contributed by atoms with Crippen LogP contribution in [0.4, 0.5) is 11.4 Å². The highest BCUT2D eigenvalue weighted by Gasteiger charge is 2.40. The number of methoxy groups -OCH3 is 1. The molecule has 0 radical (unpaired) electrons. The van der Waals surface area contributed by atoms with Gasteiger partial charge in [-0.3, -0.25) is 14.5 Å². The van der Waals surface area contributed by atoms with Gasteiger partial charge in [-0.1, -0.05) is 12.1 Å². The molecule has 0 spiro atoms. The molecule has 2 aromatic rings. The molecule has 2 amide bonds. The Balaban J connectivity index is 1.61. The number of rotatable bonds is 7. The molecule has 1 fully saturated rings. The van der Waals surface area contributed by atoms with E-state index in [4.69, 9.17) is 4.74 Å². The second-order valence-corrected chi connectivity index (χ2v) is 10.8. The molecule has 0 bridgehead atoms. The molecule has 2 aromatic carbocycles. The Labute approximate surface area is 200 Å². The lowest BCUT2D eigenvalue weighted by atomic mass is 9.96. The fourth-order valence-electron chi connectivity index (χ4n) is 4.45. The van der Waals surface area contributed by atoms with Crippen LogP contribution in [0.5, 0.6) is 5.75 Å². The summed E-state index contributed by atoms with van der Waals surface area (Å²) in [6, 6.07) is 11.8. The fourth-order valence-corrected chi connectivity index (χ4v) is 5.38. The standard InChI is InChI=1S/C24H30N4O5S/c1-26(2)34(31,32)19-10-11-20-22(14-19)28(24(30)21-9-4-5-12-27(20)21)16-23(29)25-15-17-7-6-8-18(13-17)33-3/h6-8,10-11,13-14,21H,4-5,9,12,15-16H2,1-3H3,(H,25,29)/t21-/m1/s1. The Kier molecular flexibility index (Phi) is 6.81. The highest BCUT2D eigenvalue weighted by atomic mass is 32.2. The normalized spacial score (nSPS) is 17.9. The second-order valence-electron chi connectivity index (χ2n) is 8.70. The van der Waals surface area contributed by atoms with Crippen molar-refractivity contribution in [1.82, 2.24) is 9.62 Å². The van der Waals surface area contributed by atoms with Crippen LogP contribution in [-0.2, 0) is 26.2 Å². The summed E-state index contributed by atoms with van der Waals surface area (Å²) in [6.07, 6.45) is 2.60. The molecule has 182 valence electrons. The molecule has 2 heterocycles. The van der Waals surface area contributed by atoms with Crippen LogP contribution in [0.15, 0.2) is 47.4 Å². The van der Waals surface area contributed by atoms with Crippen molar-refractivity contribution in [2.45, 2.75) is 36.7 Å². The number of fused-ring (bicyclic) bond motifs is 3. The molecule has 9 nitrogen and oxygen atoms in total. The molecule has 34 heavy (non-hydrogen) atoms. The van der Waals surface area contributed by atoms with Gasteiger partial charge in [0.2, 0.25) is 21.8 Å². The van der Waals surface area contributed by atoms with E-state index >= 15 is 0 Å². The SMILES string of the molecule is COc1cccc(CNC(=O)CN2C(=O)[C@H]3CCCCN3c3ccc(S(=O)(=O)N(C)C)cc32)c1. The van der Waals surface area contributed by atoms with Gasteiger partial charge in [0.15, 0.2) is 0 Å². The van der Waals surface area contributed by atoms with E-state index in [2.05, 4.69) is 5.32 Å². The number of amides is 2. The fraction of sp³-hybridized carbons (Fsp3) is 0.417. The van der Waals surface area contributed by atoms with Crippen LogP contribution < -0.4 is 19.9 Å². The van der Waals surface area contributed by atoms with Crippen molar-refractivity contribution < 1.29 is 22.7 Å². The maximum absolute atomic E-state index is 13.4. The average Bonchev–Trinajstić information content (AvgIpc) is 2.85. The van der Waals surface area contributed by atoms with Gasteiger partial charge < -0.3 is 15.0 Å². The van der Waals surface area contributed by atoms with Crippen LogP contribution in [-0.4, -0.2) is 64.9 Å². The Morgan fingerprint density at radius 3 is 2.68 bits per heavy atom. The summed E-state index contributed by atoms with van der Waals surface area (Å²) in [6.45, 7) is 0.820. The van der Waals surface area contributed by atoms with Gasteiger partial charge in [0.25, 0.3) is 0 Å². The molecule has 0 saturated carbocycles. The van der Waals surface area contributed by atoms with Crippen molar-refractivity contribution in [3.63, 3.8) is 0 Å². The number of anilines is 2. The number of piperidine rings is 1. The van der Waals surface area contributed by atoms with E-state index in [-0.39, 0.29) is 35.8 Å². The maximum atomic E-state index is 13.4. The van der Waals surface area contributed by atoms with Crippen LogP contribution in [0.1, 0.15) is 24.8 Å². The third kappa shape index (κ3) is 4.60. The highest BCUT2D eigenvalue weighted by molar-refractivity contribution is 7.89. The van der Waals surface area contributed by atoms with E-state index in [1.54, 1.807) is 19.2 Å². The number of ether oxygens (including phenoxy) is 1. The van der Waals surface area contributed by atoms with Gasteiger partial charge in [-0.2, -0.15) is 0 Å². The molecular formula is C24H30N4O5S. The number of carbonyl (C=O) groups is 2. The lowest BCUT2D eigenvalue weighted by Gasteiger charge is -2.45. The first-order chi connectivity index (χ1) is 16.2. The zero-order chi connectivity index (χ0) is 24.5. The largest absolute Gasteiger partial charge is 0.497 e. The van der Waals surface area contributed by atoms with Crippen LogP contribution >= 0.6 is 0 Å². The summed E-state index contributed by atoms with van der Waals surface area (Å²) < 4.78 is 31.8. The molecule has 0 aromatic heterocycles. The Bertz CT molecular complexity index is 1200. The minimum atomic E-state index is -3.70. The molecule has 1 atom stereocenters. The van der Waals surface area contributed by atoms with Crippen LogP contribution in [0, 0.1) is 0 Å². The van der Waals surface area contributed by atoms with Crippen LogP contribution in [0.3, 0.4) is 0 Å². The van der Waals surface area contributed by atoms with Crippen molar-refractivity contribution in [3.05, 3.63) is 48.0 Å². The maximum Gasteiger partial charge on any atom is 0.250 e. The molecule has 10 heteroatoms. The number of hydrogen-bond acceptors (Lipinski definition) is 6. The highest BCUT2D eigenvalue weighted by Crippen LogP contribution is 2.40. The van der Waals surface area contributed by atoms with Crippen LogP contribution in [0.25, 0.3) is 0 Å². The lowest BCUT2D eigenvalue weighted by Crippen LogP contribution is -2.57.